The third-order valence-electron chi connectivity index (χ3n) is 6.34. The van der Waals surface area contributed by atoms with Gasteiger partial charge in [-0.3, -0.25) is 0 Å². The van der Waals surface area contributed by atoms with Crippen molar-refractivity contribution in [2.45, 2.75) is 36.5 Å². The van der Waals surface area contributed by atoms with Crippen molar-refractivity contribution in [1.82, 2.24) is 15.0 Å². The summed E-state index contributed by atoms with van der Waals surface area (Å²) in [5.41, 5.74) is 5.02. The minimum atomic E-state index is 0.575. The number of hydrogen-bond acceptors (Lipinski definition) is 7. The van der Waals surface area contributed by atoms with Crippen LogP contribution in [0.5, 0.6) is 0 Å². The molecule has 3 aromatic heterocycles. The number of pyridine rings is 1. The van der Waals surface area contributed by atoms with Gasteiger partial charge < -0.3 is 9.64 Å². The number of anilines is 1. The molecule has 0 unspecified atom stereocenters. The fourth-order valence-corrected chi connectivity index (χ4v) is 7.23. The molecule has 0 N–H and O–H groups in total. The summed E-state index contributed by atoms with van der Waals surface area (Å²) in [6, 6.07) is 5.78. The van der Waals surface area contributed by atoms with Gasteiger partial charge in [-0.05, 0) is 54.5 Å². The normalized spacial score (nSPS) is 16.5. The van der Waals surface area contributed by atoms with Crippen molar-refractivity contribution in [3.63, 3.8) is 0 Å². The van der Waals surface area contributed by atoms with E-state index in [1.807, 2.05) is 18.2 Å². The Labute approximate surface area is 210 Å². The Morgan fingerprint density at radius 3 is 2.67 bits per heavy atom. The van der Waals surface area contributed by atoms with E-state index in [1.165, 1.54) is 29.4 Å². The van der Waals surface area contributed by atoms with E-state index in [0.29, 0.717) is 10.0 Å². The summed E-state index contributed by atoms with van der Waals surface area (Å²) in [6.07, 6.45) is 6.31. The van der Waals surface area contributed by atoms with E-state index in [1.54, 1.807) is 29.4 Å². The van der Waals surface area contributed by atoms with Gasteiger partial charge in [0, 0.05) is 24.2 Å². The topological polar surface area (TPSA) is 51.1 Å². The van der Waals surface area contributed by atoms with Crippen LogP contribution >= 0.6 is 46.3 Å². The Morgan fingerprint density at radius 2 is 1.85 bits per heavy atom. The van der Waals surface area contributed by atoms with Gasteiger partial charge in [0.05, 0.1) is 33.5 Å². The standard InChI is InChI=1S/C24H22Cl2N4OS2/c25-17-6-5-14(11-18(17)26)12-32-24-21-20(27-13-28-24)19-15-3-1-2-4-16(15)22(29-23(19)33-21)30-7-9-31-10-8-30/h5-6,11,13H,1-4,7-10,12H2. The number of ether oxygens (including phenoxy) is 1. The van der Waals surface area contributed by atoms with Gasteiger partial charge in [-0.1, -0.05) is 29.3 Å². The van der Waals surface area contributed by atoms with Crippen molar-refractivity contribution in [2.75, 3.05) is 31.2 Å². The number of aromatic nitrogens is 3. The number of halogens is 2. The molecule has 0 spiro atoms. The third kappa shape index (κ3) is 4.08. The summed E-state index contributed by atoms with van der Waals surface area (Å²) in [6.45, 7) is 3.34. The monoisotopic (exact) mass is 516 g/mol. The second kappa shape index (κ2) is 9.19. The van der Waals surface area contributed by atoms with Crippen molar-refractivity contribution < 1.29 is 4.74 Å². The van der Waals surface area contributed by atoms with E-state index in [2.05, 4.69) is 9.88 Å². The quantitative estimate of drug-likeness (QED) is 0.226. The number of thioether (sulfide) groups is 1. The van der Waals surface area contributed by atoms with E-state index in [9.17, 15) is 0 Å². The molecule has 4 heterocycles. The molecule has 4 aromatic rings. The number of benzene rings is 1. The van der Waals surface area contributed by atoms with Crippen LogP contribution in [0.25, 0.3) is 20.4 Å². The molecule has 170 valence electrons. The number of thiophene rings is 1. The molecule has 1 aliphatic carbocycles. The van der Waals surface area contributed by atoms with Gasteiger partial charge in [-0.2, -0.15) is 0 Å². The summed E-state index contributed by atoms with van der Waals surface area (Å²) in [5.74, 6) is 1.92. The molecule has 2 aliphatic rings. The second-order valence-electron chi connectivity index (χ2n) is 8.37. The van der Waals surface area contributed by atoms with Gasteiger partial charge in [-0.25, -0.2) is 15.0 Å². The largest absolute Gasteiger partial charge is 0.378 e. The fourth-order valence-electron chi connectivity index (χ4n) is 4.74. The molecule has 1 fully saturated rings. The Kier molecular flexibility index (Phi) is 6.09. The summed E-state index contributed by atoms with van der Waals surface area (Å²) >= 11 is 15.7. The minimum Gasteiger partial charge on any atom is -0.378 e. The van der Waals surface area contributed by atoms with Crippen LogP contribution in [0.3, 0.4) is 0 Å². The SMILES string of the molecule is Clc1ccc(CSc2ncnc3c2sc2nc(N4CCOCC4)c4c(c23)CCCC4)cc1Cl. The minimum absolute atomic E-state index is 0.575. The van der Waals surface area contributed by atoms with Crippen LogP contribution in [0.2, 0.25) is 10.0 Å². The van der Waals surface area contributed by atoms with Crippen LogP contribution in [0.15, 0.2) is 29.6 Å². The molecule has 6 rings (SSSR count). The Morgan fingerprint density at radius 1 is 1.03 bits per heavy atom. The zero-order chi connectivity index (χ0) is 22.4. The maximum Gasteiger partial charge on any atom is 0.133 e. The molecule has 9 heteroatoms. The Balaban J connectivity index is 1.43. The zero-order valence-corrected chi connectivity index (χ0v) is 21.1. The first-order chi connectivity index (χ1) is 16.2. The van der Waals surface area contributed by atoms with Gasteiger partial charge in [0.2, 0.25) is 0 Å². The van der Waals surface area contributed by atoms with Gasteiger partial charge in [0.1, 0.15) is 22.0 Å². The fraction of sp³-hybridized carbons (Fsp3) is 0.375. The molecule has 0 bridgehead atoms. The highest BCUT2D eigenvalue weighted by atomic mass is 35.5. The summed E-state index contributed by atoms with van der Waals surface area (Å²) in [4.78, 5) is 18.1. The summed E-state index contributed by atoms with van der Waals surface area (Å²) in [5, 5.41) is 3.38. The van der Waals surface area contributed by atoms with E-state index in [4.69, 9.17) is 37.9 Å². The lowest BCUT2D eigenvalue weighted by Crippen LogP contribution is -2.37. The second-order valence-corrected chi connectivity index (χ2v) is 11.2. The first-order valence-electron chi connectivity index (χ1n) is 11.2. The van der Waals surface area contributed by atoms with Gasteiger partial charge in [-0.15, -0.1) is 23.1 Å². The maximum atomic E-state index is 6.21. The first-order valence-corrected chi connectivity index (χ1v) is 13.7. The number of aryl methyl sites for hydroxylation is 1. The van der Waals surface area contributed by atoms with Crippen molar-refractivity contribution in [3.8, 4) is 0 Å². The summed E-state index contributed by atoms with van der Waals surface area (Å²) < 4.78 is 6.71. The lowest BCUT2D eigenvalue weighted by Gasteiger charge is -2.31. The highest BCUT2D eigenvalue weighted by Crippen LogP contribution is 2.43. The molecule has 0 atom stereocenters. The number of fused-ring (bicyclic) bond motifs is 5. The molecule has 0 radical (unpaired) electrons. The maximum absolute atomic E-state index is 6.21. The van der Waals surface area contributed by atoms with Crippen LogP contribution in [0.1, 0.15) is 29.5 Å². The van der Waals surface area contributed by atoms with Crippen molar-refractivity contribution >= 4 is 72.6 Å². The molecular weight excluding hydrogens is 495 g/mol. The van der Waals surface area contributed by atoms with E-state index >= 15 is 0 Å². The van der Waals surface area contributed by atoms with Crippen molar-refractivity contribution in [3.05, 3.63) is 51.3 Å². The van der Waals surface area contributed by atoms with E-state index in [0.717, 1.165) is 76.4 Å². The Hall–Kier alpha value is -1.64. The smallest absolute Gasteiger partial charge is 0.133 e. The highest BCUT2D eigenvalue weighted by Gasteiger charge is 2.26. The molecular formula is C24H22Cl2N4OS2. The molecule has 33 heavy (non-hydrogen) atoms. The van der Waals surface area contributed by atoms with Crippen LogP contribution in [-0.2, 0) is 23.3 Å². The molecule has 0 saturated carbocycles. The molecule has 1 saturated heterocycles. The van der Waals surface area contributed by atoms with E-state index < -0.39 is 0 Å². The van der Waals surface area contributed by atoms with Crippen LogP contribution in [-0.4, -0.2) is 41.3 Å². The molecule has 0 amide bonds. The Bertz CT molecular complexity index is 1350. The predicted octanol–water partition coefficient (Wildman–Crippen LogP) is 6.55. The lowest BCUT2D eigenvalue weighted by molar-refractivity contribution is 0.122. The van der Waals surface area contributed by atoms with Crippen LogP contribution in [0.4, 0.5) is 5.82 Å². The van der Waals surface area contributed by atoms with Crippen molar-refractivity contribution in [1.29, 1.82) is 0 Å². The predicted molar refractivity (Wildman–Crippen MR) is 138 cm³/mol. The molecule has 5 nitrogen and oxygen atoms in total. The molecule has 1 aliphatic heterocycles. The van der Waals surface area contributed by atoms with Gasteiger partial charge in [0.15, 0.2) is 0 Å². The van der Waals surface area contributed by atoms with Crippen LogP contribution in [0, 0.1) is 0 Å². The van der Waals surface area contributed by atoms with Crippen LogP contribution < -0.4 is 4.90 Å². The zero-order valence-electron chi connectivity index (χ0n) is 17.9. The average Bonchev–Trinajstić information content (AvgIpc) is 3.24. The molecule has 1 aromatic carbocycles. The third-order valence-corrected chi connectivity index (χ3v) is 9.35. The highest BCUT2D eigenvalue weighted by molar-refractivity contribution is 7.98. The van der Waals surface area contributed by atoms with Gasteiger partial charge >= 0.3 is 0 Å². The van der Waals surface area contributed by atoms with Crippen molar-refractivity contribution in [2.24, 2.45) is 0 Å². The van der Waals surface area contributed by atoms with E-state index in [-0.39, 0.29) is 0 Å². The number of nitrogens with zero attached hydrogens (tertiary/aromatic N) is 4. The first kappa shape index (κ1) is 21.9. The number of hydrogen-bond donors (Lipinski definition) is 0. The summed E-state index contributed by atoms with van der Waals surface area (Å²) in [7, 11) is 0. The van der Waals surface area contributed by atoms with Gasteiger partial charge in [0.25, 0.3) is 0 Å². The number of morpholine rings is 1. The average molecular weight is 518 g/mol. The number of rotatable bonds is 4. The lowest BCUT2D eigenvalue weighted by atomic mass is 9.90.